The van der Waals surface area contributed by atoms with Gasteiger partial charge in [-0.25, -0.2) is 19.2 Å². The molecule has 0 spiro atoms. The summed E-state index contributed by atoms with van der Waals surface area (Å²) in [5, 5.41) is 41.1. The first kappa shape index (κ1) is 53.5. The summed E-state index contributed by atoms with van der Waals surface area (Å²) in [6, 6.07) is 9.09. The molecule has 0 heterocycles. The van der Waals surface area contributed by atoms with Gasteiger partial charge in [0.15, 0.2) is 0 Å². The van der Waals surface area contributed by atoms with Crippen LogP contribution in [0.1, 0.15) is 73.4 Å². The van der Waals surface area contributed by atoms with E-state index in [0.717, 1.165) is 0 Å². The van der Waals surface area contributed by atoms with E-state index in [9.17, 15) is 44.2 Å². The number of ether oxygens (including phenoxy) is 4. The number of non-ortho nitro benzene ring substituents is 2. The summed E-state index contributed by atoms with van der Waals surface area (Å²) < 4.78 is 18.8. The summed E-state index contributed by atoms with van der Waals surface area (Å²) in [6.45, 7) is 15.0. The largest absolute Gasteiger partial charge is 1.00 e. The number of hydrogen-bond donors (Lipinski definition) is 4. The number of carbonyl (C=O) groups excluding carboxylic acids is 3. The zero-order valence-corrected chi connectivity index (χ0v) is 33.8. The molecule has 0 saturated carbocycles. The third kappa shape index (κ3) is 26.0. The van der Waals surface area contributed by atoms with Crippen molar-refractivity contribution < 1.29 is 98.0 Å². The van der Waals surface area contributed by atoms with Crippen molar-refractivity contribution in [2.45, 2.75) is 104 Å². The first-order valence-corrected chi connectivity index (χ1v) is 15.4. The number of carboxylic acid groups (broad SMARTS) is 2. The Kier molecular flexibility index (Phi) is 23.5. The number of nitro groups is 2. The molecule has 2 rings (SSSR count). The molecule has 0 fully saturated rings. The van der Waals surface area contributed by atoms with Crippen LogP contribution in [-0.4, -0.2) is 84.8 Å². The Morgan fingerprint density at radius 3 is 1.39 bits per heavy atom. The molecule has 296 valence electrons. The fourth-order valence-corrected chi connectivity index (χ4v) is 3.43. The van der Waals surface area contributed by atoms with Crippen LogP contribution in [0.15, 0.2) is 48.5 Å². The average molecular weight is 779 g/mol. The third-order valence-electron chi connectivity index (χ3n) is 5.39. The van der Waals surface area contributed by atoms with Crippen molar-refractivity contribution in [3.8, 4) is 0 Å². The number of hydrogen-bond acceptors (Lipinski definition) is 15. The molecule has 0 unspecified atom stereocenters. The molecule has 0 bridgehead atoms. The van der Waals surface area contributed by atoms with Gasteiger partial charge in [-0.05, 0) is 79.9 Å². The molecule has 2 aromatic rings. The molecule has 6 N–H and O–H groups in total. The van der Waals surface area contributed by atoms with Gasteiger partial charge in [-0.15, -0.1) is 0 Å². The molecule has 1 amide bonds. The second-order valence-corrected chi connectivity index (χ2v) is 13.8. The summed E-state index contributed by atoms with van der Waals surface area (Å²) in [5.41, 5.74) is 3.93. The molecule has 0 saturated heterocycles. The van der Waals surface area contributed by atoms with E-state index in [4.69, 9.17) is 30.2 Å². The van der Waals surface area contributed by atoms with Gasteiger partial charge in [0, 0.05) is 30.7 Å². The number of nitro benzene ring substituents is 2. The van der Waals surface area contributed by atoms with Gasteiger partial charge in [0.2, 0.25) is 0 Å². The second kappa shape index (κ2) is 23.7. The Balaban J connectivity index is -0.000000730. The fourth-order valence-electron chi connectivity index (χ4n) is 3.43. The van der Waals surface area contributed by atoms with Gasteiger partial charge in [-0.2, -0.15) is 0 Å². The zero-order chi connectivity index (χ0) is 40.6. The van der Waals surface area contributed by atoms with Crippen LogP contribution >= 0.6 is 0 Å². The topological polar surface area (TPSA) is 317 Å². The predicted molar refractivity (Wildman–Crippen MR) is 185 cm³/mol. The summed E-state index contributed by atoms with van der Waals surface area (Å²) in [5.74, 6) is -2.38. The minimum Gasteiger partial charge on any atom is -0.870 e. The van der Waals surface area contributed by atoms with E-state index < -0.39 is 69.1 Å². The SMILES string of the molecule is CC(C)(C)OC(=O)N[C@@H](Cc1cccc([N+](=O)[O-])c1)C(=O)O.CC(C)(C)OC(=O)OC(=O)OC(C)(C)C.N[C@@H](Cc1cccc([N+](=O)[O-])c1)C(=O)O.[Na+].[OH-]. The number of nitrogens with zero attached hydrogens (tertiary/aromatic N) is 2. The Labute approximate surface area is 333 Å². The molecule has 0 aliphatic carbocycles. The maximum atomic E-state index is 11.6. The summed E-state index contributed by atoms with van der Waals surface area (Å²) in [7, 11) is 0. The summed E-state index contributed by atoms with van der Waals surface area (Å²) in [4.78, 5) is 75.4. The molecular weight excluding hydrogens is 731 g/mol. The van der Waals surface area contributed by atoms with Crippen LogP contribution in [-0.2, 0) is 41.4 Å². The van der Waals surface area contributed by atoms with Gasteiger partial charge in [-0.3, -0.25) is 25.0 Å². The van der Waals surface area contributed by atoms with Crippen molar-refractivity contribution in [1.82, 2.24) is 5.32 Å². The first-order valence-electron chi connectivity index (χ1n) is 15.4. The van der Waals surface area contributed by atoms with Gasteiger partial charge in [0.25, 0.3) is 11.4 Å². The molecular formula is C33H47N4NaO16. The second-order valence-electron chi connectivity index (χ2n) is 13.8. The van der Waals surface area contributed by atoms with Gasteiger partial charge < -0.3 is 45.7 Å². The van der Waals surface area contributed by atoms with Crippen LogP contribution in [0.25, 0.3) is 0 Å². The number of alkyl carbamates (subject to hydrolysis) is 1. The van der Waals surface area contributed by atoms with E-state index in [1.807, 2.05) is 0 Å². The van der Waals surface area contributed by atoms with Crippen molar-refractivity contribution in [3.63, 3.8) is 0 Å². The molecule has 54 heavy (non-hydrogen) atoms. The Hall–Kier alpha value is -4.89. The minimum atomic E-state index is -1.25. The average Bonchev–Trinajstić information content (AvgIpc) is 2.94. The smallest absolute Gasteiger partial charge is 0.870 e. The van der Waals surface area contributed by atoms with Crippen molar-refractivity contribution in [1.29, 1.82) is 0 Å². The van der Waals surface area contributed by atoms with Crippen molar-refractivity contribution in [2.24, 2.45) is 5.73 Å². The number of carbonyl (C=O) groups is 5. The molecule has 2 aromatic carbocycles. The van der Waals surface area contributed by atoms with Crippen molar-refractivity contribution in [2.75, 3.05) is 0 Å². The Bertz CT molecular complexity index is 1560. The maximum absolute atomic E-state index is 11.6. The number of nitrogens with one attached hydrogen (secondary N) is 1. The van der Waals surface area contributed by atoms with E-state index in [1.54, 1.807) is 74.4 Å². The van der Waals surface area contributed by atoms with E-state index in [0.29, 0.717) is 11.1 Å². The molecule has 2 atom stereocenters. The monoisotopic (exact) mass is 778 g/mol. The fraction of sp³-hybridized carbons (Fsp3) is 0.485. The molecule has 0 radical (unpaired) electrons. The minimum absolute atomic E-state index is 0. The van der Waals surface area contributed by atoms with Crippen LogP contribution in [0.4, 0.5) is 25.8 Å². The number of carboxylic acids is 2. The van der Waals surface area contributed by atoms with E-state index in [-0.39, 0.29) is 59.2 Å². The molecule has 0 aromatic heterocycles. The molecule has 21 heteroatoms. The molecule has 0 aliphatic heterocycles. The van der Waals surface area contributed by atoms with E-state index in [1.165, 1.54) is 36.4 Å². The number of amides is 1. The molecule has 20 nitrogen and oxygen atoms in total. The number of benzene rings is 2. The number of aliphatic carboxylic acids is 2. The standard InChI is InChI=1S/C14H18N2O6.C10H18O5.C9H10N2O4.Na.H2O/c1-14(2,3)22-13(19)15-11(12(17)18)8-9-5-4-6-10(7-9)16(20)21;1-9(2,3)14-7(11)13-8(12)15-10(4,5)6;10-8(9(12)13)5-6-2-1-3-7(4-6)11(14)15;;/h4-7,11H,8H2,1-3H3,(H,15,19)(H,17,18);1-6H3;1-4,8H,5,10H2,(H,12,13);;1H2/q;;;+1;/p-1/t11-;;8-;;/m0.0../s1. The zero-order valence-electron chi connectivity index (χ0n) is 31.8. The maximum Gasteiger partial charge on any atom is 1.00 e. The Morgan fingerprint density at radius 1 is 0.704 bits per heavy atom. The van der Waals surface area contributed by atoms with E-state index in [2.05, 4.69) is 10.1 Å². The van der Waals surface area contributed by atoms with Crippen LogP contribution in [0, 0.1) is 20.2 Å². The third-order valence-corrected chi connectivity index (χ3v) is 5.39. The predicted octanol–water partition coefficient (Wildman–Crippen LogP) is 2.36. The van der Waals surface area contributed by atoms with Gasteiger partial charge in [-0.1, -0.05) is 24.3 Å². The van der Waals surface area contributed by atoms with Crippen molar-refractivity contribution >= 4 is 41.7 Å². The van der Waals surface area contributed by atoms with Crippen molar-refractivity contribution in [3.05, 3.63) is 79.9 Å². The summed E-state index contributed by atoms with van der Waals surface area (Å²) >= 11 is 0. The number of rotatable bonds is 9. The van der Waals surface area contributed by atoms with Crippen LogP contribution in [0.2, 0.25) is 0 Å². The molecule has 0 aliphatic rings. The van der Waals surface area contributed by atoms with Gasteiger partial charge >= 0.3 is 59.9 Å². The van der Waals surface area contributed by atoms with Gasteiger partial charge in [0.05, 0.1) is 9.85 Å². The summed E-state index contributed by atoms with van der Waals surface area (Å²) in [6.07, 6.45) is -2.98. The quantitative estimate of drug-likeness (QED) is 0.0709. The normalized spacial score (nSPS) is 11.7. The Morgan fingerprint density at radius 2 is 1.07 bits per heavy atom. The van der Waals surface area contributed by atoms with E-state index >= 15 is 0 Å². The number of nitrogens with two attached hydrogens (primary N) is 1. The van der Waals surface area contributed by atoms with Crippen LogP contribution < -0.4 is 40.6 Å². The van der Waals surface area contributed by atoms with Crippen LogP contribution in [0.5, 0.6) is 0 Å². The van der Waals surface area contributed by atoms with Gasteiger partial charge in [0.1, 0.15) is 28.9 Å². The first-order chi connectivity index (χ1) is 23.6. The van der Waals surface area contributed by atoms with Crippen LogP contribution in [0.3, 0.4) is 0 Å².